The topological polar surface area (TPSA) is 0 Å². The fraction of sp³-hybridized carbons (Fsp3) is 0.970. The maximum Gasteiger partial charge on any atom is -0.0386 e. The highest BCUT2D eigenvalue weighted by Crippen LogP contribution is 2.16. The smallest absolute Gasteiger partial charge is 0.0386 e. The normalized spacial score (nSPS) is 11.5. The highest BCUT2D eigenvalue weighted by Gasteiger charge is 1.96. The summed E-state index contributed by atoms with van der Waals surface area (Å²) in [6.07, 6.45) is 46.4. The third kappa shape index (κ3) is 32.0. The van der Waals surface area contributed by atoms with Crippen LogP contribution in [-0.4, -0.2) is 0 Å². The molecule has 33 heavy (non-hydrogen) atoms. The molecular weight excluding hydrogens is 396 g/mol. The van der Waals surface area contributed by atoms with Gasteiger partial charge < -0.3 is 0 Å². The molecule has 0 saturated carbocycles. The molecule has 0 aromatic rings. The van der Waals surface area contributed by atoms with E-state index in [1.807, 2.05) is 0 Å². The highest BCUT2D eigenvalue weighted by atomic mass is 14.0. The van der Waals surface area contributed by atoms with E-state index in [4.69, 9.17) is 0 Å². The zero-order chi connectivity index (χ0) is 23.9. The molecule has 1 radical (unpaired) electrons. The van der Waals surface area contributed by atoms with E-state index in [-0.39, 0.29) is 0 Å². The number of unbranched alkanes of at least 4 members (excludes halogenated alkanes) is 30. The van der Waals surface area contributed by atoms with Gasteiger partial charge in [0.2, 0.25) is 0 Å². The van der Waals surface area contributed by atoms with Crippen LogP contribution in [0.15, 0.2) is 0 Å². The molecule has 199 valence electrons. The van der Waals surface area contributed by atoms with Crippen molar-refractivity contribution in [2.75, 3.05) is 0 Å². The Morgan fingerprint density at radius 2 is 0.424 bits per heavy atom. The van der Waals surface area contributed by atoms with Crippen molar-refractivity contribution in [3.05, 3.63) is 6.42 Å². The molecule has 0 heterocycles. The van der Waals surface area contributed by atoms with Crippen LogP contribution in [0.25, 0.3) is 0 Å². The fourth-order valence-corrected chi connectivity index (χ4v) is 5.11. The van der Waals surface area contributed by atoms with Crippen LogP contribution in [-0.2, 0) is 0 Å². The second kappa shape index (κ2) is 32.0. The van der Waals surface area contributed by atoms with E-state index in [9.17, 15) is 0 Å². The first kappa shape index (κ1) is 33.0. The van der Waals surface area contributed by atoms with Crippen molar-refractivity contribution >= 4 is 0 Å². The average molecular weight is 464 g/mol. The van der Waals surface area contributed by atoms with Gasteiger partial charge in [-0.15, -0.1) is 0 Å². The minimum atomic E-state index is 1.37. The molecule has 0 saturated heterocycles. The average Bonchev–Trinajstić information content (AvgIpc) is 2.83. The minimum Gasteiger partial charge on any atom is -0.0654 e. The van der Waals surface area contributed by atoms with Gasteiger partial charge in [0, 0.05) is 0 Å². The van der Waals surface area contributed by atoms with Crippen LogP contribution in [0.2, 0.25) is 0 Å². The summed E-state index contributed by atoms with van der Waals surface area (Å²) in [6, 6.07) is 0. The molecule has 0 nitrogen and oxygen atoms in total. The third-order valence-electron chi connectivity index (χ3n) is 7.52. The molecule has 0 aromatic heterocycles. The third-order valence-corrected chi connectivity index (χ3v) is 7.52. The van der Waals surface area contributed by atoms with E-state index in [1.165, 1.54) is 193 Å². The van der Waals surface area contributed by atoms with E-state index >= 15 is 0 Å². The number of rotatable bonds is 30. The lowest BCUT2D eigenvalue weighted by Crippen LogP contribution is -1.85. The van der Waals surface area contributed by atoms with Crippen molar-refractivity contribution in [3.63, 3.8) is 0 Å². The van der Waals surface area contributed by atoms with E-state index in [1.54, 1.807) is 0 Å². The number of hydrogen-bond donors (Lipinski definition) is 0. The van der Waals surface area contributed by atoms with E-state index < -0.39 is 0 Å². The zero-order valence-electron chi connectivity index (χ0n) is 23.8. The van der Waals surface area contributed by atoms with Crippen molar-refractivity contribution in [1.29, 1.82) is 0 Å². The van der Waals surface area contributed by atoms with Crippen molar-refractivity contribution in [2.24, 2.45) is 0 Å². The summed E-state index contributed by atoms with van der Waals surface area (Å²) in [6.45, 7) is 4.61. The molecule has 0 aliphatic carbocycles. The summed E-state index contributed by atoms with van der Waals surface area (Å²) >= 11 is 0. The lowest BCUT2D eigenvalue weighted by molar-refractivity contribution is 0.527. The van der Waals surface area contributed by atoms with E-state index in [0.717, 1.165) is 0 Å². The standard InChI is InChI=1S/C33H67/c1-3-5-7-9-11-13-15-17-19-21-23-25-27-29-31-33-32-30-28-26-24-22-20-18-16-14-12-10-8-6-4-2/h29H,3-28,30-33H2,1-2H3. The van der Waals surface area contributed by atoms with Gasteiger partial charge in [0.05, 0.1) is 0 Å². The van der Waals surface area contributed by atoms with E-state index in [2.05, 4.69) is 20.3 Å². The van der Waals surface area contributed by atoms with Gasteiger partial charge in [0.25, 0.3) is 0 Å². The Labute approximate surface area is 212 Å². The largest absolute Gasteiger partial charge is 0.0654 e. The SMILES string of the molecule is CCCCCCCCCCCCCC[CH]CCCCCCCCCCCCCCCCCC. The van der Waals surface area contributed by atoms with Crippen molar-refractivity contribution in [1.82, 2.24) is 0 Å². The quantitative estimate of drug-likeness (QED) is 0.0929. The van der Waals surface area contributed by atoms with Crippen molar-refractivity contribution in [3.8, 4) is 0 Å². The Balaban J connectivity index is 2.99. The minimum absolute atomic E-state index is 1.37. The summed E-state index contributed by atoms with van der Waals surface area (Å²) in [5.74, 6) is 0. The second-order valence-corrected chi connectivity index (χ2v) is 11.1. The Morgan fingerprint density at radius 3 is 0.636 bits per heavy atom. The molecule has 0 bridgehead atoms. The molecule has 0 aliphatic heterocycles. The van der Waals surface area contributed by atoms with Crippen LogP contribution in [0.5, 0.6) is 0 Å². The first-order chi connectivity index (χ1) is 16.4. The number of hydrogen-bond acceptors (Lipinski definition) is 0. The second-order valence-electron chi connectivity index (χ2n) is 11.1. The molecule has 0 spiro atoms. The van der Waals surface area contributed by atoms with Gasteiger partial charge in [-0.2, -0.15) is 0 Å². The first-order valence-corrected chi connectivity index (χ1v) is 16.2. The lowest BCUT2D eigenvalue weighted by atomic mass is 10.0. The van der Waals surface area contributed by atoms with Gasteiger partial charge in [0.1, 0.15) is 0 Å². The molecular formula is C33H67. The Morgan fingerprint density at radius 1 is 0.242 bits per heavy atom. The molecule has 0 atom stereocenters. The van der Waals surface area contributed by atoms with Crippen LogP contribution >= 0.6 is 0 Å². The Hall–Kier alpha value is 0. The molecule has 0 unspecified atom stereocenters. The van der Waals surface area contributed by atoms with E-state index in [0.29, 0.717) is 0 Å². The molecule has 0 N–H and O–H groups in total. The molecule has 0 amide bonds. The monoisotopic (exact) mass is 464 g/mol. The van der Waals surface area contributed by atoms with Gasteiger partial charge >= 0.3 is 0 Å². The Bertz CT molecular complexity index is 277. The zero-order valence-corrected chi connectivity index (χ0v) is 23.8. The summed E-state index contributed by atoms with van der Waals surface area (Å²) in [5, 5.41) is 0. The summed E-state index contributed by atoms with van der Waals surface area (Å²) in [7, 11) is 0. The van der Waals surface area contributed by atoms with Gasteiger partial charge in [0.15, 0.2) is 0 Å². The summed E-state index contributed by atoms with van der Waals surface area (Å²) in [5.41, 5.74) is 0. The highest BCUT2D eigenvalue weighted by molar-refractivity contribution is 4.64. The maximum atomic E-state index is 2.58. The molecule has 0 rings (SSSR count). The molecule has 0 fully saturated rings. The maximum absolute atomic E-state index is 2.58. The van der Waals surface area contributed by atoms with Crippen molar-refractivity contribution in [2.45, 2.75) is 206 Å². The predicted molar refractivity (Wildman–Crippen MR) is 154 cm³/mol. The predicted octanol–water partition coefficient (Wildman–Crippen LogP) is 12.9. The van der Waals surface area contributed by atoms with Gasteiger partial charge in [-0.25, -0.2) is 0 Å². The van der Waals surface area contributed by atoms with Crippen LogP contribution < -0.4 is 0 Å². The van der Waals surface area contributed by atoms with Gasteiger partial charge in [-0.3, -0.25) is 0 Å². The summed E-state index contributed by atoms with van der Waals surface area (Å²) < 4.78 is 0. The molecule has 0 aromatic carbocycles. The Kier molecular flexibility index (Phi) is 32.0. The van der Waals surface area contributed by atoms with Crippen molar-refractivity contribution < 1.29 is 0 Å². The summed E-state index contributed by atoms with van der Waals surface area (Å²) in [4.78, 5) is 0. The van der Waals surface area contributed by atoms with Crippen LogP contribution in [0, 0.1) is 6.42 Å². The lowest BCUT2D eigenvalue weighted by Gasteiger charge is -2.04. The van der Waals surface area contributed by atoms with Gasteiger partial charge in [-0.1, -0.05) is 206 Å². The first-order valence-electron chi connectivity index (χ1n) is 16.2. The van der Waals surface area contributed by atoms with Crippen LogP contribution in [0.3, 0.4) is 0 Å². The molecule has 0 heteroatoms. The van der Waals surface area contributed by atoms with Gasteiger partial charge in [-0.05, 0) is 6.42 Å². The fourth-order valence-electron chi connectivity index (χ4n) is 5.11. The molecule has 0 aliphatic rings. The van der Waals surface area contributed by atoms with Crippen LogP contribution in [0.1, 0.15) is 206 Å². The van der Waals surface area contributed by atoms with Crippen LogP contribution in [0.4, 0.5) is 0 Å².